The van der Waals surface area contributed by atoms with Gasteiger partial charge in [-0.2, -0.15) is 0 Å². The molecule has 0 spiro atoms. The summed E-state index contributed by atoms with van der Waals surface area (Å²) >= 11 is 2.93. The maximum atomic E-state index is 13.6. The maximum Gasteiger partial charge on any atom is 0.261 e. The highest BCUT2D eigenvalue weighted by atomic mass is 79.9. The molecule has 1 amide bonds. The number of pyridine rings is 1. The van der Waals surface area contributed by atoms with Crippen LogP contribution in [0.1, 0.15) is 16.1 Å². The summed E-state index contributed by atoms with van der Waals surface area (Å²) in [6.07, 6.45) is 1.20. The van der Waals surface area contributed by atoms with E-state index in [1.807, 2.05) is 0 Å². The minimum Gasteiger partial charge on any atom is -0.364 e. The van der Waals surface area contributed by atoms with Crippen molar-refractivity contribution in [2.75, 3.05) is 5.32 Å². The van der Waals surface area contributed by atoms with Crippen LogP contribution in [-0.4, -0.2) is 10.9 Å². The van der Waals surface area contributed by atoms with Gasteiger partial charge in [-0.15, -0.1) is 0 Å². The van der Waals surface area contributed by atoms with Crippen molar-refractivity contribution < 1.29 is 13.6 Å². The Kier molecular flexibility index (Phi) is 3.99. The number of rotatable bonds is 2. The number of carbonyl (C=O) groups is 1. The lowest BCUT2D eigenvalue weighted by atomic mass is 10.2. The Balaban J connectivity index is 2.35. The van der Waals surface area contributed by atoms with Crippen LogP contribution in [0.5, 0.6) is 0 Å². The number of benzene rings is 1. The number of aryl methyl sites for hydroxylation is 1. The minimum atomic E-state index is -0.936. The van der Waals surface area contributed by atoms with E-state index in [2.05, 4.69) is 26.2 Å². The summed E-state index contributed by atoms with van der Waals surface area (Å²) in [7, 11) is 0. The van der Waals surface area contributed by atoms with Crippen LogP contribution in [0.4, 0.5) is 14.5 Å². The van der Waals surface area contributed by atoms with E-state index < -0.39 is 28.7 Å². The summed E-state index contributed by atoms with van der Waals surface area (Å²) in [6, 6.07) is 3.25. The van der Waals surface area contributed by atoms with E-state index in [0.29, 0.717) is 5.69 Å². The van der Waals surface area contributed by atoms with E-state index in [-0.39, 0.29) is 10.0 Å². The molecule has 20 heavy (non-hydrogen) atoms. The third-order valence-corrected chi connectivity index (χ3v) is 3.01. The molecule has 2 aromatic rings. The topological polar surface area (TPSA) is 62.0 Å². The molecule has 0 saturated heterocycles. The third-order valence-electron chi connectivity index (χ3n) is 2.55. The fourth-order valence-corrected chi connectivity index (χ4v) is 2.00. The average Bonchev–Trinajstić information content (AvgIpc) is 2.33. The highest BCUT2D eigenvalue weighted by molar-refractivity contribution is 9.10. The molecule has 104 valence electrons. The molecule has 4 nitrogen and oxygen atoms in total. The van der Waals surface area contributed by atoms with Crippen molar-refractivity contribution in [3.05, 3.63) is 62.0 Å². The second-order valence-corrected chi connectivity index (χ2v) is 5.01. The van der Waals surface area contributed by atoms with Crippen molar-refractivity contribution in [3.63, 3.8) is 0 Å². The summed E-state index contributed by atoms with van der Waals surface area (Å²) in [4.78, 5) is 26.2. The quantitative estimate of drug-likeness (QED) is 0.881. The largest absolute Gasteiger partial charge is 0.364 e. The number of carbonyl (C=O) groups excluding carboxylic acids is 1. The normalized spacial score (nSPS) is 10.4. The fraction of sp³-hybridized carbons (Fsp3) is 0.0769. The van der Waals surface area contributed by atoms with Crippen LogP contribution < -0.4 is 10.7 Å². The van der Waals surface area contributed by atoms with Crippen LogP contribution >= 0.6 is 15.9 Å². The first kappa shape index (κ1) is 14.4. The van der Waals surface area contributed by atoms with Crippen molar-refractivity contribution in [2.45, 2.75) is 6.92 Å². The number of hydrogen-bond acceptors (Lipinski definition) is 2. The van der Waals surface area contributed by atoms with Gasteiger partial charge in [-0.25, -0.2) is 8.78 Å². The second kappa shape index (κ2) is 5.54. The average molecular weight is 343 g/mol. The number of anilines is 1. The number of aromatic nitrogens is 1. The molecule has 1 heterocycles. The Morgan fingerprint density at radius 2 is 1.85 bits per heavy atom. The predicted molar refractivity (Wildman–Crippen MR) is 73.8 cm³/mol. The first-order valence-corrected chi connectivity index (χ1v) is 6.33. The lowest BCUT2D eigenvalue weighted by Gasteiger charge is -2.08. The van der Waals surface area contributed by atoms with E-state index >= 15 is 0 Å². The van der Waals surface area contributed by atoms with Gasteiger partial charge in [0.05, 0.1) is 0 Å². The van der Waals surface area contributed by atoms with Crippen molar-refractivity contribution in [1.82, 2.24) is 4.98 Å². The van der Waals surface area contributed by atoms with E-state index in [0.717, 1.165) is 12.1 Å². The first-order chi connectivity index (χ1) is 9.38. The zero-order valence-corrected chi connectivity index (χ0v) is 11.8. The van der Waals surface area contributed by atoms with E-state index in [1.54, 1.807) is 6.92 Å². The molecular weight excluding hydrogens is 334 g/mol. The Morgan fingerprint density at radius 3 is 2.40 bits per heavy atom. The lowest BCUT2D eigenvalue weighted by Crippen LogP contribution is -2.22. The standard InChI is InChI=1S/C13H9BrF2N2O2/c1-6-2-11(19)8(5-17-6)13(20)18-12-9(15)3-7(14)4-10(12)16/h2-5H,1H3,(H,17,19)(H,18,20). The Labute approximate surface area is 121 Å². The van der Waals surface area contributed by atoms with Gasteiger partial charge < -0.3 is 10.3 Å². The molecule has 0 bridgehead atoms. The van der Waals surface area contributed by atoms with Crippen LogP contribution in [0, 0.1) is 18.6 Å². The van der Waals surface area contributed by atoms with Gasteiger partial charge in [0.15, 0.2) is 17.1 Å². The van der Waals surface area contributed by atoms with Gasteiger partial charge in [0.25, 0.3) is 5.91 Å². The number of nitrogens with one attached hydrogen (secondary N) is 2. The van der Waals surface area contributed by atoms with Crippen LogP contribution in [0.15, 0.2) is 33.7 Å². The highest BCUT2D eigenvalue weighted by Crippen LogP contribution is 2.24. The van der Waals surface area contributed by atoms with Gasteiger partial charge in [-0.05, 0) is 19.1 Å². The van der Waals surface area contributed by atoms with Crippen molar-refractivity contribution in [1.29, 1.82) is 0 Å². The molecule has 2 N–H and O–H groups in total. The number of amides is 1. The number of halogens is 3. The molecule has 0 atom stereocenters. The van der Waals surface area contributed by atoms with Crippen LogP contribution in [0.2, 0.25) is 0 Å². The third kappa shape index (κ3) is 2.93. The molecule has 0 saturated carbocycles. The van der Waals surface area contributed by atoms with Gasteiger partial charge >= 0.3 is 0 Å². The van der Waals surface area contributed by atoms with Gasteiger partial charge in [-0.1, -0.05) is 15.9 Å². The van der Waals surface area contributed by atoms with Gasteiger partial charge in [0.2, 0.25) is 0 Å². The van der Waals surface area contributed by atoms with Gasteiger partial charge in [-0.3, -0.25) is 9.59 Å². The van der Waals surface area contributed by atoms with E-state index in [9.17, 15) is 18.4 Å². The molecule has 2 rings (SSSR count). The number of hydrogen-bond donors (Lipinski definition) is 2. The molecule has 0 fully saturated rings. The first-order valence-electron chi connectivity index (χ1n) is 5.53. The molecule has 0 aliphatic carbocycles. The Morgan fingerprint density at radius 1 is 1.25 bits per heavy atom. The van der Waals surface area contributed by atoms with Crippen molar-refractivity contribution in [2.24, 2.45) is 0 Å². The van der Waals surface area contributed by atoms with E-state index in [4.69, 9.17) is 0 Å². The van der Waals surface area contributed by atoms with Crippen LogP contribution in [0.25, 0.3) is 0 Å². The smallest absolute Gasteiger partial charge is 0.261 e. The Hall–Kier alpha value is -2.02. The highest BCUT2D eigenvalue weighted by Gasteiger charge is 2.16. The predicted octanol–water partition coefficient (Wildman–Crippen LogP) is 2.98. The zero-order valence-electron chi connectivity index (χ0n) is 10.3. The SMILES string of the molecule is Cc1cc(=O)c(C(=O)Nc2c(F)cc(Br)cc2F)c[nH]1. The molecule has 1 aromatic carbocycles. The molecule has 0 aliphatic rings. The molecular formula is C13H9BrF2N2O2. The zero-order chi connectivity index (χ0) is 14.9. The Bertz CT molecular complexity index is 720. The molecule has 0 aliphatic heterocycles. The number of H-pyrrole nitrogens is 1. The van der Waals surface area contributed by atoms with Crippen molar-refractivity contribution in [3.8, 4) is 0 Å². The summed E-state index contributed by atoms with van der Waals surface area (Å²) in [5.41, 5.74) is -0.778. The lowest BCUT2D eigenvalue weighted by molar-refractivity contribution is 0.102. The van der Waals surface area contributed by atoms with Gasteiger partial charge in [0.1, 0.15) is 11.3 Å². The minimum absolute atomic E-state index is 0.207. The molecule has 7 heteroatoms. The fourth-order valence-electron chi connectivity index (χ4n) is 1.59. The summed E-state index contributed by atoms with van der Waals surface area (Å²) in [6.45, 7) is 1.65. The van der Waals surface area contributed by atoms with Crippen molar-refractivity contribution >= 4 is 27.5 Å². The molecule has 0 radical (unpaired) electrons. The molecule has 1 aromatic heterocycles. The second-order valence-electron chi connectivity index (χ2n) is 4.09. The molecule has 0 unspecified atom stereocenters. The van der Waals surface area contributed by atoms with Crippen LogP contribution in [0.3, 0.4) is 0 Å². The maximum absolute atomic E-state index is 13.6. The summed E-state index contributed by atoms with van der Waals surface area (Å²) < 4.78 is 27.4. The number of aromatic amines is 1. The summed E-state index contributed by atoms with van der Waals surface area (Å²) in [5.74, 6) is -2.76. The van der Waals surface area contributed by atoms with E-state index in [1.165, 1.54) is 12.3 Å². The monoisotopic (exact) mass is 342 g/mol. The summed E-state index contributed by atoms with van der Waals surface area (Å²) in [5, 5.41) is 2.05. The van der Waals surface area contributed by atoms with Gasteiger partial charge in [0, 0.05) is 22.4 Å². The van der Waals surface area contributed by atoms with Crippen LogP contribution in [-0.2, 0) is 0 Å².